The third-order valence-electron chi connectivity index (χ3n) is 4.86. The van der Waals surface area contributed by atoms with Gasteiger partial charge in [0.1, 0.15) is 5.75 Å². The Morgan fingerprint density at radius 3 is 2.88 bits per heavy atom. The molecule has 0 aliphatic carbocycles. The lowest BCUT2D eigenvalue weighted by atomic mass is 9.96. The topological polar surface area (TPSA) is 61.8 Å². The molecule has 1 fully saturated rings. The summed E-state index contributed by atoms with van der Waals surface area (Å²) in [5, 5.41) is 13.3. The summed E-state index contributed by atoms with van der Waals surface area (Å²) in [6, 6.07) is 7.70. The van der Waals surface area contributed by atoms with E-state index in [1.807, 2.05) is 38.1 Å². The molecule has 1 heterocycles. The number of hydrogen-bond acceptors (Lipinski definition) is 4. The molecular formula is C19H30N2O3. The minimum absolute atomic E-state index is 0.0105. The number of nitrogens with zero attached hydrogens (tertiary/aromatic N) is 1. The van der Waals surface area contributed by atoms with Gasteiger partial charge in [0.2, 0.25) is 5.91 Å². The van der Waals surface area contributed by atoms with Crippen LogP contribution < -0.4 is 10.1 Å². The highest BCUT2D eigenvalue weighted by Crippen LogP contribution is 2.25. The van der Waals surface area contributed by atoms with E-state index in [-0.39, 0.29) is 24.1 Å². The van der Waals surface area contributed by atoms with Crippen LogP contribution >= 0.6 is 0 Å². The van der Waals surface area contributed by atoms with Gasteiger partial charge < -0.3 is 15.2 Å². The number of hydrogen-bond donors (Lipinski definition) is 2. The quantitative estimate of drug-likeness (QED) is 0.804. The lowest BCUT2D eigenvalue weighted by molar-refractivity contribution is -0.124. The molecule has 24 heavy (non-hydrogen) atoms. The van der Waals surface area contributed by atoms with Crippen molar-refractivity contribution in [3.05, 3.63) is 29.8 Å². The van der Waals surface area contributed by atoms with Crippen LogP contribution in [0.3, 0.4) is 0 Å². The number of amides is 1. The fourth-order valence-electron chi connectivity index (χ4n) is 3.49. The Balaban J connectivity index is 1.96. The Kier molecular flexibility index (Phi) is 7.06. The van der Waals surface area contributed by atoms with E-state index >= 15 is 0 Å². The molecule has 1 aliphatic heterocycles. The predicted molar refractivity (Wildman–Crippen MR) is 95.1 cm³/mol. The van der Waals surface area contributed by atoms with Crippen LogP contribution in [0.15, 0.2) is 24.3 Å². The molecular weight excluding hydrogens is 304 g/mol. The SMILES string of the molecule is CCC(O)C1CCCCN1CC(=O)NC(C)c1ccccc1OC. The number of aliphatic hydroxyl groups is 1. The minimum atomic E-state index is -0.357. The molecule has 0 aromatic heterocycles. The van der Waals surface area contributed by atoms with Gasteiger partial charge in [0, 0.05) is 11.6 Å². The first-order valence-corrected chi connectivity index (χ1v) is 8.91. The highest BCUT2D eigenvalue weighted by atomic mass is 16.5. The van der Waals surface area contributed by atoms with Crippen LogP contribution in [0.4, 0.5) is 0 Å². The van der Waals surface area contributed by atoms with Crippen molar-refractivity contribution >= 4 is 5.91 Å². The average molecular weight is 334 g/mol. The Morgan fingerprint density at radius 1 is 1.42 bits per heavy atom. The number of aliphatic hydroxyl groups excluding tert-OH is 1. The molecule has 0 spiro atoms. The summed E-state index contributed by atoms with van der Waals surface area (Å²) in [5.41, 5.74) is 0.970. The lowest BCUT2D eigenvalue weighted by Crippen LogP contribution is -2.50. The van der Waals surface area contributed by atoms with Gasteiger partial charge >= 0.3 is 0 Å². The Morgan fingerprint density at radius 2 is 2.17 bits per heavy atom. The van der Waals surface area contributed by atoms with E-state index in [9.17, 15) is 9.90 Å². The van der Waals surface area contributed by atoms with Crippen molar-refractivity contribution < 1.29 is 14.6 Å². The van der Waals surface area contributed by atoms with Crippen molar-refractivity contribution in [3.63, 3.8) is 0 Å². The largest absolute Gasteiger partial charge is 0.496 e. The first-order valence-electron chi connectivity index (χ1n) is 8.91. The fourth-order valence-corrected chi connectivity index (χ4v) is 3.49. The fraction of sp³-hybridized carbons (Fsp3) is 0.632. The molecule has 1 aromatic rings. The summed E-state index contributed by atoms with van der Waals surface area (Å²) < 4.78 is 5.37. The van der Waals surface area contributed by atoms with Crippen LogP contribution in [0.1, 0.15) is 51.1 Å². The third kappa shape index (κ3) is 4.71. The number of methoxy groups -OCH3 is 1. The maximum atomic E-state index is 12.5. The van der Waals surface area contributed by atoms with E-state index in [4.69, 9.17) is 4.74 Å². The number of carbonyl (C=O) groups excluding carboxylic acids is 1. The molecule has 1 aliphatic rings. The first kappa shape index (κ1) is 18.7. The zero-order valence-electron chi connectivity index (χ0n) is 15.0. The maximum absolute atomic E-state index is 12.5. The molecule has 1 amide bonds. The van der Waals surface area contributed by atoms with E-state index in [1.54, 1.807) is 7.11 Å². The normalized spacial score (nSPS) is 21.1. The first-order chi connectivity index (χ1) is 11.6. The van der Waals surface area contributed by atoms with Crippen LogP contribution in [-0.2, 0) is 4.79 Å². The molecule has 2 rings (SSSR count). The highest BCUT2D eigenvalue weighted by molar-refractivity contribution is 5.78. The molecule has 2 N–H and O–H groups in total. The van der Waals surface area contributed by atoms with E-state index in [0.717, 1.165) is 43.5 Å². The number of benzene rings is 1. The van der Waals surface area contributed by atoms with Gasteiger partial charge in [0.25, 0.3) is 0 Å². The molecule has 0 radical (unpaired) electrons. The van der Waals surface area contributed by atoms with Gasteiger partial charge in [-0.25, -0.2) is 0 Å². The van der Waals surface area contributed by atoms with E-state index in [1.165, 1.54) is 0 Å². The number of rotatable bonds is 7. The van der Waals surface area contributed by atoms with Gasteiger partial charge in [-0.05, 0) is 38.8 Å². The smallest absolute Gasteiger partial charge is 0.234 e. The second-order valence-corrected chi connectivity index (χ2v) is 6.54. The predicted octanol–water partition coefficient (Wildman–Crippen LogP) is 2.50. The van der Waals surface area contributed by atoms with Crippen molar-refractivity contribution in [2.45, 2.75) is 57.7 Å². The van der Waals surface area contributed by atoms with Crippen molar-refractivity contribution in [1.82, 2.24) is 10.2 Å². The number of para-hydroxylation sites is 1. The molecule has 0 bridgehead atoms. The Labute approximate surface area is 145 Å². The van der Waals surface area contributed by atoms with Crippen LogP contribution in [0.25, 0.3) is 0 Å². The zero-order chi connectivity index (χ0) is 17.5. The number of nitrogens with one attached hydrogen (secondary N) is 1. The molecule has 0 saturated carbocycles. The van der Waals surface area contributed by atoms with Crippen LogP contribution in [0, 0.1) is 0 Å². The standard InChI is InChI=1S/C19H30N2O3/c1-4-17(22)16-10-7-8-12-21(16)13-19(23)20-14(2)15-9-5-6-11-18(15)24-3/h5-6,9,11,14,16-17,22H,4,7-8,10,12-13H2,1-3H3,(H,20,23). The Hall–Kier alpha value is -1.59. The number of likely N-dealkylation sites (tertiary alicyclic amines) is 1. The molecule has 3 unspecified atom stereocenters. The second-order valence-electron chi connectivity index (χ2n) is 6.54. The van der Waals surface area contributed by atoms with Crippen LogP contribution in [0.2, 0.25) is 0 Å². The van der Waals surface area contributed by atoms with Gasteiger partial charge in [-0.2, -0.15) is 0 Å². The van der Waals surface area contributed by atoms with E-state index < -0.39 is 0 Å². The average Bonchev–Trinajstić information content (AvgIpc) is 2.61. The van der Waals surface area contributed by atoms with Crippen LogP contribution in [-0.4, -0.2) is 48.3 Å². The minimum Gasteiger partial charge on any atom is -0.496 e. The maximum Gasteiger partial charge on any atom is 0.234 e. The highest BCUT2D eigenvalue weighted by Gasteiger charge is 2.29. The summed E-state index contributed by atoms with van der Waals surface area (Å²) in [5.74, 6) is 0.770. The lowest BCUT2D eigenvalue weighted by Gasteiger charge is -2.38. The molecule has 5 nitrogen and oxygen atoms in total. The summed E-state index contributed by atoms with van der Waals surface area (Å²) in [4.78, 5) is 14.6. The van der Waals surface area contributed by atoms with Gasteiger partial charge in [0.05, 0.1) is 25.8 Å². The van der Waals surface area contributed by atoms with E-state index in [2.05, 4.69) is 10.2 Å². The van der Waals surface area contributed by atoms with Crippen molar-refractivity contribution in [1.29, 1.82) is 0 Å². The number of carbonyl (C=O) groups is 1. The molecule has 1 saturated heterocycles. The van der Waals surface area contributed by atoms with Crippen LogP contribution in [0.5, 0.6) is 5.75 Å². The second kappa shape index (κ2) is 9.04. The van der Waals surface area contributed by atoms with Gasteiger partial charge in [-0.1, -0.05) is 31.5 Å². The Bertz CT molecular complexity index is 535. The zero-order valence-corrected chi connectivity index (χ0v) is 15.0. The summed E-state index contributed by atoms with van der Waals surface area (Å²) >= 11 is 0. The van der Waals surface area contributed by atoms with Crippen molar-refractivity contribution in [2.75, 3.05) is 20.2 Å². The molecule has 134 valence electrons. The monoisotopic (exact) mass is 334 g/mol. The summed E-state index contributed by atoms with van der Waals surface area (Å²) in [6.45, 7) is 5.16. The number of ether oxygens (including phenoxy) is 1. The third-order valence-corrected chi connectivity index (χ3v) is 4.86. The summed E-state index contributed by atoms with van der Waals surface area (Å²) in [7, 11) is 1.64. The summed E-state index contributed by atoms with van der Waals surface area (Å²) in [6.07, 6.45) is 3.54. The van der Waals surface area contributed by atoms with Gasteiger partial charge in [-0.3, -0.25) is 9.69 Å². The molecule has 5 heteroatoms. The van der Waals surface area contributed by atoms with E-state index in [0.29, 0.717) is 6.54 Å². The van der Waals surface area contributed by atoms with Gasteiger partial charge in [-0.15, -0.1) is 0 Å². The molecule has 1 aromatic carbocycles. The molecule has 3 atom stereocenters. The van der Waals surface area contributed by atoms with Crippen molar-refractivity contribution in [3.8, 4) is 5.75 Å². The van der Waals surface area contributed by atoms with Crippen molar-refractivity contribution in [2.24, 2.45) is 0 Å². The number of piperidine rings is 1. The van der Waals surface area contributed by atoms with Gasteiger partial charge in [0.15, 0.2) is 0 Å².